The van der Waals surface area contributed by atoms with Gasteiger partial charge in [0.05, 0.1) is 11.0 Å². The Morgan fingerprint density at radius 3 is 1.12 bits per heavy atom. The first kappa shape index (κ1) is 42.6. The monoisotopic (exact) mass is 919 g/mol. The Bertz CT molecular complexity index is 3890. The SMILES string of the molecule is Cc1ccc2c(-c3cccc4cc(-n5c6ccc(N(c7ccccc7)c7ccc(-c8ccccc8)cc7)cc6c6cc(N(c7ccccc7)c7ccc(-c8ccccc8)cc7)ccc65)ccc34)cccc2c1. The third kappa shape index (κ3) is 7.74. The van der Waals surface area contributed by atoms with Gasteiger partial charge in [-0.1, -0.05) is 188 Å². The Balaban J connectivity index is 1.00. The number of para-hydroxylation sites is 2. The van der Waals surface area contributed by atoms with E-state index < -0.39 is 0 Å². The number of anilines is 6. The molecule has 0 bridgehead atoms. The van der Waals surface area contributed by atoms with E-state index in [0.29, 0.717) is 0 Å². The molecule has 13 rings (SSSR count). The van der Waals surface area contributed by atoms with Crippen LogP contribution < -0.4 is 9.80 Å². The summed E-state index contributed by atoms with van der Waals surface area (Å²) in [6, 6.07) is 102. The van der Waals surface area contributed by atoms with Gasteiger partial charge in [-0.15, -0.1) is 0 Å². The molecule has 0 saturated carbocycles. The van der Waals surface area contributed by atoms with Crippen LogP contribution in [0.15, 0.2) is 279 Å². The highest BCUT2D eigenvalue weighted by Gasteiger charge is 2.21. The van der Waals surface area contributed by atoms with Crippen molar-refractivity contribution in [2.45, 2.75) is 6.92 Å². The van der Waals surface area contributed by atoms with E-state index in [4.69, 9.17) is 0 Å². The summed E-state index contributed by atoms with van der Waals surface area (Å²) >= 11 is 0. The lowest BCUT2D eigenvalue weighted by atomic mass is 9.93. The first-order valence-electron chi connectivity index (χ1n) is 24.7. The molecule has 3 heteroatoms. The zero-order valence-electron chi connectivity index (χ0n) is 39.9. The van der Waals surface area contributed by atoms with Crippen LogP contribution in [0.4, 0.5) is 34.1 Å². The Morgan fingerprint density at radius 2 is 0.653 bits per heavy atom. The van der Waals surface area contributed by atoms with Crippen LogP contribution in [-0.2, 0) is 0 Å². The first-order chi connectivity index (χ1) is 35.6. The maximum Gasteiger partial charge on any atom is 0.0542 e. The molecule has 1 heterocycles. The third-order valence-corrected chi connectivity index (χ3v) is 14.2. The number of hydrogen-bond donors (Lipinski definition) is 0. The zero-order chi connectivity index (χ0) is 48.0. The van der Waals surface area contributed by atoms with Gasteiger partial charge in [-0.05, 0) is 159 Å². The molecule has 0 atom stereocenters. The molecule has 0 fully saturated rings. The van der Waals surface area contributed by atoms with E-state index in [1.807, 2.05) is 0 Å². The van der Waals surface area contributed by atoms with Crippen molar-refractivity contribution in [2.75, 3.05) is 9.80 Å². The molecule has 0 amide bonds. The average Bonchev–Trinajstić information content (AvgIpc) is 3.77. The second-order valence-electron chi connectivity index (χ2n) is 18.6. The summed E-state index contributed by atoms with van der Waals surface area (Å²) in [4.78, 5) is 4.75. The van der Waals surface area contributed by atoms with Crippen LogP contribution in [-0.4, -0.2) is 4.57 Å². The van der Waals surface area contributed by atoms with Gasteiger partial charge in [0.25, 0.3) is 0 Å². The van der Waals surface area contributed by atoms with Crippen LogP contribution in [0.25, 0.3) is 82.4 Å². The highest BCUT2D eigenvalue weighted by molar-refractivity contribution is 6.13. The van der Waals surface area contributed by atoms with Crippen LogP contribution in [0.2, 0.25) is 0 Å². The number of fused-ring (bicyclic) bond motifs is 5. The second kappa shape index (κ2) is 18.1. The van der Waals surface area contributed by atoms with Gasteiger partial charge >= 0.3 is 0 Å². The third-order valence-electron chi connectivity index (χ3n) is 14.2. The molecule has 0 spiro atoms. The maximum atomic E-state index is 2.45. The number of benzene rings is 12. The fraction of sp³-hybridized carbons (Fsp3) is 0.0145. The minimum Gasteiger partial charge on any atom is -0.310 e. The highest BCUT2D eigenvalue weighted by atomic mass is 15.1. The van der Waals surface area contributed by atoms with Gasteiger partial charge < -0.3 is 14.4 Å². The van der Waals surface area contributed by atoms with E-state index >= 15 is 0 Å². The summed E-state index contributed by atoms with van der Waals surface area (Å²) in [5.74, 6) is 0. The molecule has 1 aromatic heterocycles. The minimum absolute atomic E-state index is 1.08. The molecule has 12 aromatic carbocycles. The quantitative estimate of drug-likeness (QED) is 0.135. The fourth-order valence-corrected chi connectivity index (χ4v) is 10.8. The van der Waals surface area contributed by atoms with Crippen LogP contribution in [0.5, 0.6) is 0 Å². The summed E-state index contributed by atoms with van der Waals surface area (Å²) < 4.78 is 2.45. The summed E-state index contributed by atoms with van der Waals surface area (Å²) in [7, 11) is 0. The molecule has 340 valence electrons. The van der Waals surface area contributed by atoms with E-state index in [1.54, 1.807) is 0 Å². The van der Waals surface area contributed by atoms with E-state index in [2.05, 4.69) is 300 Å². The number of aryl methyl sites for hydroxylation is 1. The lowest BCUT2D eigenvalue weighted by Crippen LogP contribution is -2.10. The summed E-state index contributed by atoms with van der Waals surface area (Å²) in [5, 5.41) is 7.28. The number of hydrogen-bond acceptors (Lipinski definition) is 2. The smallest absolute Gasteiger partial charge is 0.0542 e. The second-order valence-corrected chi connectivity index (χ2v) is 18.6. The van der Waals surface area contributed by atoms with Gasteiger partial charge in [-0.25, -0.2) is 0 Å². The first-order valence-corrected chi connectivity index (χ1v) is 24.7. The van der Waals surface area contributed by atoms with Crippen molar-refractivity contribution < 1.29 is 0 Å². The lowest BCUT2D eigenvalue weighted by Gasteiger charge is -2.26. The van der Waals surface area contributed by atoms with Gasteiger partial charge in [0.15, 0.2) is 0 Å². The molecule has 0 N–H and O–H groups in total. The molecule has 13 aromatic rings. The summed E-state index contributed by atoms with van der Waals surface area (Å²) in [5.41, 5.74) is 18.4. The van der Waals surface area contributed by atoms with Gasteiger partial charge in [-0.2, -0.15) is 0 Å². The zero-order valence-corrected chi connectivity index (χ0v) is 39.9. The number of nitrogens with zero attached hydrogens (tertiary/aromatic N) is 3. The molecule has 3 nitrogen and oxygen atoms in total. The van der Waals surface area contributed by atoms with Gasteiger partial charge in [0, 0.05) is 50.6 Å². The van der Waals surface area contributed by atoms with Crippen molar-refractivity contribution in [3.8, 4) is 39.1 Å². The molecular formula is C69H49N3. The summed E-state index contributed by atoms with van der Waals surface area (Å²) in [6.07, 6.45) is 0. The molecule has 0 aliphatic carbocycles. The Hall–Kier alpha value is -9.44. The average molecular weight is 920 g/mol. The van der Waals surface area contributed by atoms with Crippen molar-refractivity contribution in [1.82, 2.24) is 4.57 Å². The molecule has 0 aliphatic rings. The van der Waals surface area contributed by atoms with Crippen LogP contribution in [0.3, 0.4) is 0 Å². The van der Waals surface area contributed by atoms with Crippen molar-refractivity contribution >= 4 is 77.5 Å². The van der Waals surface area contributed by atoms with Gasteiger partial charge in [0.1, 0.15) is 0 Å². The predicted molar refractivity (Wildman–Crippen MR) is 306 cm³/mol. The number of rotatable bonds is 10. The van der Waals surface area contributed by atoms with Gasteiger partial charge in [0.2, 0.25) is 0 Å². The molecule has 0 aliphatic heterocycles. The van der Waals surface area contributed by atoms with Crippen LogP contribution >= 0.6 is 0 Å². The van der Waals surface area contributed by atoms with E-state index in [9.17, 15) is 0 Å². The van der Waals surface area contributed by atoms with E-state index in [1.165, 1.54) is 71.3 Å². The fourth-order valence-electron chi connectivity index (χ4n) is 10.8. The molecule has 0 unspecified atom stereocenters. The topological polar surface area (TPSA) is 11.4 Å². The standard InChI is InChI=1S/C69H49N3/c1-48-28-40-62-53(44-48)20-14-26-64(62)65-27-15-21-54-45-59(37-41-63(54)65)72-68-42-38-60(70(55-22-10-4-11-23-55)57-33-29-51(30-34-57)49-16-6-2-7-17-49)46-66(68)67-47-61(39-43-69(67)72)71(56-24-12-5-13-25-56)58-35-31-52(32-36-58)50-18-8-3-9-19-50/h2-47H,1H3. The van der Waals surface area contributed by atoms with Crippen LogP contribution in [0, 0.1) is 6.92 Å². The largest absolute Gasteiger partial charge is 0.310 e. The van der Waals surface area contributed by atoms with Crippen LogP contribution in [0.1, 0.15) is 5.56 Å². The van der Waals surface area contributed by atoms with E-state index in [0.717, 1.165) is 50.8 Å². The van der Waals surface area contributed by atoms with Crippen molar-refractivity contribution in [1.29, 1.82) is 0 Å². The molecule has 0 saturated heterocycles. The van der Waals surface area contributed by atoms with Crippen molar-refractivity contribution in [2.24, 2.45) is 0 Å². The molecule has 0 radical (unpaired) electrons. The summed E-state index contributed by atoms with van der Waals surface area (Å²) in [6.45, 7) is 2.16. The molecular weight excluding hydrogens is 871 g/mol. The Labute approximate surface area is 420 Å². The lowest BCUT2D eigenvalue weighted by molar-refractivity contribution is 1.18. The van der Waals surface area contributed by atoms with Crippen molar-refractivity contribution in [3.63, 3.8) is 0 Å². The minimum atomic E-state index is 1.08. The van der Waals surface area contributed by atoms with Crippen molar-refractivity contribution in [3.05, 3.63) is 285 Å². The highest BCUT2D eigenvalue weighted by Crippen LogP contribution is 2.44. The van der Waals surface area contributed by atoms with E-state index in [-0.39, 0.29) is 0 Å². The molecule has 72 heavy (non-hydrogen) atoms. The normalized spacial score (nSPS) is 11.4. The Kier molecular flexibility index (Phi) is 10.7. The maximum absolute atomic E-state index is 2.45. The Morgan fingerprint density at radius 1 is 0.264 bits per heavy atom. The van der Waals surface area contributed by atoms with Gasteiger partial charge in [-0.3, -0.25) is 0 Å². The predicted octanol–water partition coefficient (Wildman–Crippen LogP) is 19.3. The number of aromatic nitrogens is 1.